The van der Waals surface area contributed by atoms with Crippen LogP contribution in [0.5, 0.6) is 11.5 Å². The van der Waals surface area contributed by atoms with Gasteiger partial charge in [0.25, 0.3) is 0 Å². The van der Waals surface area contributed by atoms with Crippen molar-refractivity contribution in [3.05, 3.63) is 35.2 Å². The van der Waals surface area contributed by atoms with E-state index < -0.39 is 0 Å². The quantitative estimate of drug-likeness (QED) is 0.463. The van der Waals surface area contributed by atoms with Crippen molar-refractivity contribution >= 4 is 35.0 Å². The number of carbonyl (C=O) groups is 1. The fraction of sp³-hybridized carbons (Fsp3) is 0.278. The van der Waals surface area contributed by atoms with Crippen molar-refractivity contribution in [3.8, 4) is 22.9 Å². The molecule has 0 saturated heterocycles. The van der Waals surface area contributed by atoms with Gasteiger partial charge in [-0.05, 0) is 13.0 Å². The minimum atomic E-state index is -0.268. The van der Waals surface area contributed by atoms with Crippen LogP contribution in [0.2, 0.25) is 5.02 Å². The first-order chi connectivity index (χ1) is 14.0. The van der Waals surface area contributed by atoms with Crippen molar-refractivity contribution in [2.24, 2.45) is 0 Å². The zero-order valence-electron chi connectivity index (χ0n) is 15.5. The number of furan rings is 1. The first-order valence-electron chi connectivity index (χ1n) is 8.79. The third-order valence-electron chi connectivity index (χ3n) is 4.21. The van der Waals surface area contributed by atoms with Crippen LogP contribution in [-0.2, 0) is 4.79 Å². The number of aryl methyl sites for hydroxylation is 1. The van der Waals surface area contributed by atoms with E-state index in [1.165, 1.54) is 4.68 Å². The lowest BCUT2D eigenvalue weighted by Gasteiger charge is -2.12. The van der Waals surface area contributed by atoms with Crippen molar-refractivity contribution in [1.29, 1.82) is 0 Å². The number of nitrogens with zero attached hydrogens (tertiary/aromatic N) is 3. The molecule has 1 amide bonds. The molecular formula is C18H18ClN5O4S. The highest BCUT2D eigenvalue weighted by Crippen LogP contribution is 2.37. The number of thioether (sulfide) groups is 1. The fourth-order valence-electron chi connectivity index (χ4n) is 2.77. The van der Waals surface area contributed by atoms with E-state index in [4.69, 9.17) is 31.3 Å². The number of nitrogens with two attached hydrogens (primary N) is 1. The minimum absolute atomic E-state index is 0.0739. The van der Waals surface area contributed by atoms with Crippen LogP contribution in [0.3, 0.4) is 0 Å². The smallest absolute Gasteiger partial charge is 0.234 e. The number of halogens is 1. The first kappa shape index (κ1) is 19.5. The number of hydrogen-bond acceptors (Lipinski definition) is 8. The van der Waals surface area contributed by atoms with E-state index in [1.807, 2.05) is 6.92 Å². The SMILES string of the molecule is Cc1occc1-c1nnc(SCC(=O)Nc2cc3c(cc2Cl)OCCCO3)n1N. The molecule has 1 aromatic carbocycles. The molecular weight excluding hydrogens is 418 g/mol. The predicted octanol–water partition coefficient (Wildman–Crippen LogP) is 3.11. The lowest BCUT2D eigenvalue weighted by Crippen LogP contribution is -2.16. The summed E-state index contributed by atoms with van der Waals surface area (Å²) in [5.41, 5.74) is 1.20. The summed E-state index contributed by atoms with van der Waals surface area (Å²) in [6.07, 6.45) is 2.34. The fourth-order valence-corrected chi connectivity index (χ4v) is 3.63. The van der Waals surface area contributed by atoms with Crippen LogP contribution >= 0.6 is 23.4 Å². The van der Waals surface area contributed by atoms with Crippen molar-refractivity contribution in [2.75, 3.05) is 30.1 Å². The van der Waals surface area contributed by atoms with E-state index in [-0.39, 0.29) is 11.7 Å². The molecule has 1 aliphatic heterocycles. The summed E-state index contributed by atoms with van der Waals surface area (Å²) in [7, 11) is 0. The Morgan fingerprint density at radius 3 is 2.79 bits per heavy atom. The second-order valence-corrected chi connectivity index (χ2v) is 7.58. The Balaban J connectivity index is 1.42. The molecule has 3 aromatic rings. The number of anilines is 1. The van der Waals surface area contributed by atoms with Gasteiger partial charge in [-0.1, -0.05) is 23.4 Å². The molecule has 29 heavy (non-hydrogen) atoms. The molecule has 4 rings (SSSR count). The first-order valence-corrected chi connectivity index (χ1v) is 10.2. The summed E-state index contributed by atoms with van der Waals surface area (Å²) in [6, 6.07) is 5.06. The van der Waals surface area contributed by atoms with Gasteiger partial charge in [-0.2, -0.15) is 0 Å². The Morgan fingerprint density at radius 1 is 1.31 bits per heavy atom. The van der Waals surface area contributed by atoms with E-state index in [1.54, 1.807) is 24.5 Å². The number of aromatic nitrogens is 3. The average Bonchev–Trinajstić information content (AvgIpc) is 3.19. The molecule has 3 N–H and O–H groups in total. The Bertz CT molecular complexity index is 1050. The summed E-state index contributed by atoms with van der Waals surface area (Å²) >= 11 is 7.42. The third-order valence-corrected chi connectivity index (χ3v) is 5.46. The van der Waals surface area contributed by atoms with Crippen LogP contribution in [0.1, 0.15) is 12.2 Å². The molecule has 0 fully saturated rings. The second-order valence-electron chi connectivity index (χ2n) is 6.23. The highest BCUT2D eigenvalue weighted by Gasteiger charge is 2.18. The lowest BCUT2D eigenvalue weighted by molar-refractivity contribution is -0.113. The van der Waals surface area contributed by atoms with Gasteiger partial charge < -0.3 is 25.1 Å². The van der Waals surface area contributed by atoms with Crippen molar-refractivity contribution in [2.45, 2.75) is 18.5 Å². The Labute approximate surface area is 175 Å². The van der Waals surface area contributed by atoms with E-state index in [0.717, 1.165) is 23.7 Å². The largest absolute Gasteiger partial charge is 0.490 e. The second kappa shape index (κ2) is 8.26. The molecule has 11 heteroatoms. The summed E-state index contributed by atoms with van der Waals surface area (Å²) in [5, 5.41) is 11.7. The molecule has 1 aliphatic rings. The third kappa shape index (κ3) is 4.13. The van der Waals surface area contributed by atoms with Crippen LogP contribution in [0.25, 0.3) is 11.4 Å². The van der Waals surface area contributed by atoms with E-state index in [0.29, 0.717) is 52.2 Å². The highest BCUT2D eigenvalue weighted by molar-refractivity contribution is 7.99. The summed E-state index contributed by atoms with van der Waals surface area (Å²) in [5.74, 6) is 8.14. The van der Waals surface area contributed by atoms with Gasteiger partial charge in [-0.15, -0.1) is 10.2 Å². The minimum Gasteiger partial charge on any atom is -0.490 e. The van der Waals surface area contributed by atoms with Gasteiger partial charge in [-0.25, -0.2) is 4.68 Å². The maximum absolute atomic E-state index is 12.4. The molecule has 0 bridgehead atoms. The van der Waals surface area contributed by atoms with E-state index in [2.05, 4.69) is 15.5 Å². The number of nitrogen functional groups attached to an aromatic ring is 1. The Hall–Kier alpha value is -2.85. The number of carbonyl (C=O) groups excluding carboxylic acids is 1. The maximum Gasteiger partial charge on any atom is 0.234 e. The molecule has 0 spiro atoms. The molecule has 0 aliphatic carbocycles. The van der Waals surface area contributed by atoms with Gasteiger partial charge in [-0.3, -0.25) is 4.79 Å². The molecule has 0 atom stereocenters. The predicted molar refractivity (Wildman–Crippen MR) is 109 cm³/mol. The highest BCUT2D eigenvalue weighted by atomic mass is 35.5. The molecule has 2 aromatic heterocycles. The number of ether oxygens (including phenoxy) is 2. The van der Waals surface area contributed by atoms with Crippen molar-refractivity contribution in [1.82, 2.24) is 14.9 Å². The molecule has 0 radical (unpaired) electrons. The Morgan fingerprint density at radius 2 is 2.07 bits per heavy atom. The molecule has 0 unspecified atom stereocenters. The van der Waals surface area contributed by atoms with E-state index >= 15 is 0 Å². The van der Waals surface area contributed by atoms with E-state index in [9.17, 15) is 4.79 Å². The zero-order valence-corrected chi connectivity index (χ0v) is 17.0. The van der Waals surface area contributed by atoms with Gasteiger partial charge >= 0.3 is 0 Å². The number of benzene rings is 1. The molecule has 152 valence electrons. The topological polar surface area (TPSA) is 117 Å². The van der Waals surface area contributed by atoms with Gasteiger partial charge in [0.1, 0.15) is 5.76 Å². The standard InChI is InChI=1S/C18H18ClN5O4S/c1-10-11(3-6-26-10)17-22-23-18(24(17)20)29-9-16(25)21-13-8-15-14(7-12(13)19)27-4-2-5-28-15/h3,6-8H,2,4-5,9,20H2,1H3,(H,21,25). The monoisotopic (exact) mass is 435 g/mol. The summed E-state index contributed by atoms with van der Waals surface area (Å²) in [4.78, 5) is 12.4. The summed E-state index contributed by atoms with van der Waals surface area (Å²) < 4.78 is 17.8. The number of amides is 1. The lowest BCUT2D eigenvalue weighted by atomic mass is 10.2. The normalized spacial score (nSPS) is 13.2. The van der Waals surface area contributed by atoms with Crippen molar-refractivity contribution in [3.63, 3.8) is 0 Å². The Kier molecular flexibility index (Phi) is 5.54. The molecule has 3 heterocycles. The molecule has 9 nitrogen and oxygen atoms in total. The van der Waals surface area contributed by atoms with Crippen LogP contribution in [-0.4, -0.2) is 39.7 Å². The summed E-state index contributed by atoms with van der Waals surface area (Å²) in [6.45, 7) is 2.91. The van der Waals surface area contributed by atoms with Gasteiger partial charge in [0.2, 0.25) is 11.1 Å². The van der Waals surface area contributed by atoms with Crippen molar-refractivity contribution < 1.29 is 18.7 Å². The van der Waals surface area contributed by atoms with Gasteiger partial charge in [0, 0.05) is 18.6 Å². The molecule has 0 saturated carbocycles. The number of nitrogens with one attached hydrogen (secondary N) is 1. The van der Waals surface area contributed by atoms with Gasteiger partial charge in [0.05, 0.1) is 41.5 Å². The van der Waals surface area contributed by atoms with Crippen LogP contribution in [0, 0.1) is 6.92 Å². The number of fused-ring (bicyclic) bond motifs is 1. The average molecular weight is 436 g/mol. The van der Waals surface area contributed by atoms with Crippen LogP contribution < -0.4 is 20.6 Å². The zero-order chi connectivity index (χ0) is 20.4. The van der Waals surface area contributed by atoms with Crippen LogP contribution in [0.4, 0.5) is 5.69 Å². The van der Waals surface area contributed by atoms with Gasteiger partial charge in [0.15, 0.2) is 17.3 Å². The van der Waals surface area contributed by atoms with Crippen LogP contribution in [0.15, 0.2) is 34.0 Å². The number of rotatable bonds is 5. The maximum atomic E-state index is 12.4. The number of hydrogen-bond donors (Lipinski definition) is 2.